The Balaban J connectivity index is 1.61. The van der Waals surface area contributed by atoms with E-state index < -0.39 is 16.2 Å². The quantitative estimate of drug-likeness (QED) is 0.354. The Kier molecular flexibility index (Phi) is 7.46. The number of sulfonamides is 1. The highest BCUT2D eigenvalue weighted by Gasteiger charge is 2.25. The molecule has 4 rings (SSSR count). The number of nitrogens with two attached hydrogens (primary N) is 1. The van der Waals surface area contributed by atoms with Gasteiger partial charge in [-0.15, -0.1) is 0 Å². The number of anilines is 1. The minimum absolute atomic E-state index is 0.00994. The second-order valence-electron chi connectivity index (χ2n) is 8.48. The highest BCUT2D eigenvalue weighted by atomic mass is 127. The second kappa shape index (κ2) is 10.0. The van der Waals surface area contributed by atoms with Crippen molar-refractivity contribution in [3.63, 3.8) is 0 Å². The van der Waals surface area contributed by atoms with Crippen LogP contribution in [0.1, 0.15) is 44.0 Å². The van der Waals surface area contributed by atoms with Gasteiger partial charge in [0, 0.05) is 21.6 Å². The molecule has 33 heavy (non-hydrogen) atoms. The van der Waals surface area contributed by atoms with Gasteiger partial charge in [-0.05, 0) is 71.0 Å². The predicted molar refractivity (Wildman–Crippen MR) is 136 cm³/mol. The predicted octanol–water partition coefficient (Wildman–Crippen LogP) is 4.09. The molecule has 8 nitrogen and oxygen atoms in total. The van der Waals surface area contributed by atoms with E-state index in [1.54, 1.807) is 0 Å². The van der Waals surface area contributed by atoms with Crippen molar-refractivity contribution in [2.45, 2.75) is 55.9 Å². The van der Waals surface area contributed by atoms with Crippen molar-refractivity contribution >= 4 is 61.4 Å². The van der Waals surface area contributed by atoms with Gasteiger partial charge in [-0.3, -0.25) is 0 Å². The topological polar surface area (TPSA) is 116 Å². The molecule has 3 aromatic rings. The molecular formula is C21H26FIN6O2S2. The average Bonchev–Trinajstić information content (AvgIpc) is 3.28. The summed E-state index contributed by atoms with van der Waals surface area (Å²) in [6.45, 7) is 4.72. The zero-order valence-electron chi connectivity index (χ0n) is 18.4. The summed E-state index contributed by atoms with van der Waals surface area (Å²) < 4.78 is 44.5. The number of rotatable bonds is 9. The molecule has 0 saturated carbocycles. The summed E-state index contributed by atoms with van der Waals surface area (Å²) in [5, 5.41) is 0.621. The van der Waals surface area contributed by atoms with Gasteiger partial charge in [0.2, 0.25) is 10.0 Å². The van der Waals surface area contributed by atoms with Gasteiger partial charge in [-0.2, -0.15) is 0 Å². The number of aryl methyl sites for hydroxylation is 2. The third kappa shape index (κ3) is 5.60. The number of nitrogen functional groups attached to an aromatic ring is 1. The second-order valence-corrected chi connectivity index (χ2v) is 12.6. The van der Waals surface area contributed by atoms with Crippen molar-refractivity contribution in [2.24, 2.45) is 5.92 Å². The molecule has 0 bridgehead atoms. The number of hydrogen-bond acceptors (Lipinski definition) is 7. The van der Waals surface area contributed by atoms with Gasteiger partial charge in [0.15, 0.2) is 22.1 Å². The van der Waals surface area contributed by atoms with Crippen LogP contribution in [0.4, 0.5) is 10.2 Å². The van der Waals surface area contributed by atoms with Gasteiger partial charge >= 0.3 is 0 Å². The molecule has 2 heterocycles. The Morgan fingerprint density at radius 2 is 2.15 bits per heavy atom. The fourth-order valence-electron chi connectivity index (χ4n) is 3.72. The first-order valence-electron chi connectivity index (χ1n) is 10.7. The third-order valence-corrected chi connectivity index (χ3v) is 9.17. The van der Waals surface area contributed by atoms with Crippen molar-refractivity contribution < 1.29 is 12.8 Å². The number of benzene rings is 1. The van der Waals surface area contributed by atoms with Crippen LogP contribution in [0.2, 0.25) is 0 Å². The summed E-state index contributed by atoms with van der Waals surface area (Å²) in [6, 6.07) is 3.93. The molecule has 0 saturated heterocycles. The van der Waals surface area contributed by atoms with E-state index in [1.807, 2.05) is 30.5 Å². The number of nitrogens with zero attached hydrogens (tertiary/aromatic N) is 4. The Labute approximate surface area is 210 Å². The van der Waals surface area contributed by atoms with E-state index in [0.717, 1.165) is 26.0 Å². The molecule has 0 aliphatic heterocycles. The summed E-state index contributed by atoms with van der Waals surface area (Å²) in [6.07, 6.45) is 2.08. The third-order valence-electron chi connectivity index (χ3n) is 5.43. The minimum Gasteiger partial charge on any atom is -0.382 e. The Hall–Kier alpha value is -1.51. The summed E-state index contributed by atoms with van der Waals surface area (Å²) in [5.74, 6) is 0.488. The Bertz CT molecular complexity index is 1280. The Morgan fingerprint density at radius 3 is 2.91 bits per heavy atom. The van der Waals surface area contributed by atoms with Crippen LogP contribution in [-0.2, 0) is 23.0 Å². The lowest BCUT2D eigenvalue weighted by molar-refractivity contribution is 0.343. The summed E-state index contributed by atoms with van der Waals surface area (Å²) in [4.78, 5) is 13.9. The van der Waals surface area contributed by atoms with Crippen molar-refractivity contribution in [3.8, 4) is 0 Å². The van der Waals surface area contributed by atoms with E-state index in [2.05, 4.69) is 42.3 Å². The van der Waals surface area contributed by atoms with Gasteiger partial charge in [0.25, 0.3) is 0 Å². The Morgan fingerprint density at radius 1 is 1.36 bits per heavy atom. The fraction of sp³-hybridized carbons (Fsp3) is 0.476. The number of hydrogen-bond donors (Lipinski definition) is 2. The minimum atomic E-state index is -3.37. The molecular weight excluding hydrogens is 578 g/mol. The normalized spacial score (nSPS) is 16.1. The van der Waals surface area contributed by atoms with Crippen molar-refractivity contribution in [3.05, 3.63) is 33.2 Å². The maximum Gasteiger partial charge on any atom is 0.211 e. The lowest BCUT2D eigenvalue weighted by atomic mass is 10.1. The first-order chi connectivity index (χ1) is 15.6. The molecule has 0 amide bonds. The van der Waals surface area contributed by atoms with Gasteiger partial charge < -0.3 is 10.3 Å². The molecule has 1 atom stereocenters. The lowest BCUT2D eigenvalue weighted by Gasteiger charge is -2.12. The molecule has 1 aliphatic carbocycles. The standard InChI is InChI=1S/C21H26FIN6O2S2/c1-12(2)10-27-33(30,31)7-3-6-29-20-18(19(24)25-11-26-20)28-21(29)32-17-9-14-13(8-16(17)23)4-5-15(14)22/h8-9,11-12,15,27H,3-7,10H2,1-2H3,(H2,24,25,26). The van der Waals surface area contributed by atoms with Crippen molar-refractivity contribution in [1.82, 2.24) is 24.2 Å². The maximum atomic E-state index is 14.3. The lowest BCUT2D eigenvalue weighted by Crippen LogP contribution is -2.30. The average molecular weight is 605 g/mol. The molecule has 1 aromatic carbocycles. The maximum absolute atomic E-state index is 14.3. The number of halogens is 2. The fourth-order valence-corrected chi connectivity index (χ4v) is 6.79. The zero-order valence-corrected chi connectivity index (χ0v) is 22.2. The van der Waals surface area contributed by atoms with Crippen molar-refractivity contribution in [1.29, 1.82) is 0 Å². The van der Waals surface area contributed by atoms with Crippen LogP contribution < -0.4 is 10.5 Å². The molecule has 178 valence electrons. The van der Waals surface area contributed by atoms with Crippen molar-refractivity contribution in [2.75, 3.05) is 18.0 Å². The number of alkyl halides is 1. The van der Waals surface area contributed by atoms with Gasteiger partial charge in [-0.25, -0.2) is 32.5 Å². The van der Waals surface area contributed by atoms with Gasteiger partial charge in [0.1, 0.15) is 12.5 Å². The highest BCUT2D eigenvalue weighted by molar-refractivity contribution is 14.1. The van der Waals surface area contributed by atoms with E-state index in [-0.39, 0.29) is 17.5 Å². The van der Waals surface area contributed by atoms with Crippen LogP contribution in [0, 0.1) is 9.49 Å². The SMILES string of the molecule is CC(C)CNS(=O)(=O)CCCn1c(Sc2cc3c(cc2I)CCC3F)nc2c(N)ncnc21. The van der Waals surface area contributed by atoms with Crippen LogP contribution in [0.25, 0.3) is 11.2 Å². The number of nitrogens with one attached hydrogen (secondary N) is 1. The van der Waals surface area contributed by atoms with E-state index in [1.165, 1.54) is 18.1 Å². The molecule has 12 heteroatoms. The van der Waals surface area contributed by atoms with Crippen LogP contribution in [0.3, 0.4) is 0 Å². The molecule has 1 unspecified atom stereocenters. The van der Waals surface area contributed by atoms with Gasteiger partial charge in [-0.1, -0.05) is 25.6 Å². The monoisotopic (exact) mass is 604 g/mol. The van der Waals surface area contributed by atoms with Crippen LogP contribution in [0.15, 0.2) is 28.5 Å². The van der Waals surface area contributed by atoms with E-state index >= 15 is 0 Å². The van der Waals surface area contributed by atoms with Crippen LogP contribution in [-0.4, -0.2) is 40.2 Å². The van der Waals surface area contributed by atoms with Crippen LogP contribution in [0.5, 0.6) is 0 Å². The van der Waals surface area contributed by atoms with E-state index in [9.17, 15) is 12.8 Å². The van der Waals surface area contributed by atoms with Gasteiger partial charge in [0.05, 0.1) is 5.75 Å². The molecule has 0 radical (unpaired) electrons. The molecule has 0 spiro atoms. The van der Waals surface area contributed by atoms with E-state index in [0.29, 0.717) is 42.3 Å². The number of aromatic nitrogens is 4. The number of fused-ring (bicyclic) bond motifs is 2. The first-order valence-corrected chi connectivity index (χ1v) is 14.3. The zero-order chi connectivity index (χ0) is 23.8. The van der Waals surface area contributed by atoms with Crippen LogP contribution >= 0.6 is 34.4 Å². The number of imidazole rings is 1. The smallest absolute Gasteiger partial charge is 0.211 e. The molecule has 1 aliphatic rings. The molecule has 3 N–H and O–H groups in total. The summed E-state index contributed by atoms with van der Waals surface area (Å²) in [5.41, 5.74) is 8.84. The van der Waals surface area contributed by atoms with E-state index in [4.69, 9.17) is 5.73 Å². The molecule has 0 fully saturated rings. The largest absolute Gasteiger partial charge is 0.382 e. The molecule has 2 aromatic heterocycles. The summed E-state index contributed by atoms with van der Waals surface area (Å²) >= 11 is 3.66. The first kappa shape index (κ1) is 24.6. The summed E-state index contributed by atoms with van der Waals surface area (Å²) in [7, 11) is -3.37. The highest BCUT2D eigenvalue weighted by Crippen LogP contribution is 2.41.